The molecule has 2 aliphatic heterocycles. The molecule has 2 aliphatic rings. The van der Waals surface area contributed by atoms with Crippen molar-refractivity contribution in [2.24, 2.45) is 0 Å². The van der Waals surface area contributed by atoms with Gasteiger partial charge in [0.1, 0.15) is 0 Å². The van der Waals surface area contributed by atoms with Gasteiger partial charge in [0.15, 0.2) is 0 Å². The van der Waals surface area contributed by atoms with Crippen LogP contribution in [0.5, 0.6) is 0 Å². The Kier molecular flexibility index (Phi) is 6.53. The molecule has 1 aromatic heterocycles. The summed E-state index contributed by atoms with van der Waals surface area (Å²) in [5.74, 6) is 0.640. The van der Waals surface area contributed by atoms with E-state index < -0.39 is 20.0 Å². The fourth-order valence-corrected chi connectivity index (χ4v) is 6.38. The molecular formula is C19H25N5O5S2. The molecule has 1 aromatic carbocycles. The molecular weight excluding hydrogens is 442 g/mol. The van der Waals surface area contributed by atoms with Crippen LogP contribution in [0, 0.1) is 0 Å². The van der Waals surface area contributed by atoms with E-state index in [1.807, 2.05) is 4.90 Å². The summed E-state index contributed by atoms with van der Waals surface area (Å²) in [6.45, 7) is 2.57. The lowest BCUT2D eigenvalue weighted by Gasteiger charge is -2.32. The normalized spacial score (nSPS) is 19.4. The van der Waals surface area contributed by atoms with Gasteiger partial charge < -0.3 is 9.64 Å². The van der Waals surface area contributed by atoms with Gasteiger partial charge in [-0.2, -0.15) is 4.31 Å². The minimum atomic E-state index is -3.76. The predicted octanol–water partition coefficient (Wildman–Crippen LogP) is 0.445. The van der Waals surface area contributed by atoms with Crippen LogP contribution in [0.25, 0.3) is 0 Å². The zero-order chi connectivity index (χ0) is 21.9. The maximum absolute atomic E-state index is 12.8. The topological polar surface area (TPSA) is 122 Å². The number of aromatic nitrogens is 2. The summed E-state index contributed by atoms with van der Waals surface area (Å²) in [5, 5.41) is 0. The smallest absolute Gasteiger partial charge is 0.243 e. The molecule has 0 saturated carbocycles. The number of morpholine rings is 1. The second kappa shape index (κ2) is 9.17. The Hall–Kier alpha value is -2.12. The van der Waals surface area contributed by atoms with Crippen molar-refractivity contribution < 1.29 is 21.6 Å². The molecule has 2 fully saturated rings. The first-order valence-electron chi connectivity index (χ1n) is 10.1. The molecule has 2 aromatic rings. The van der Waals surface area contributed by atoms with Crippen LogP contribution in [0.15, 0.2) is 52.5 Å². The first-order valence-corrected chi connectivity index (χ1v) is 13.0. The lowest BCUT2D eigenvalue weighted by Crippen LogP contribution is -2.45. The highest BCUT2D eigenvalue weighted by Gasteiger charge is 2.28. The van der Waals surface area contributed by atoms with Gasteiger partial charge in [0, 0.05) is 44.6 Å². The monoisotopic (exact) mass is 467 g/mol. The Labute approximate surface area is 182 Å². The molecule has 12 heteroatoms. The summed E-state index contributed by atoms with van der Waals surface area (Å²) in [6.07, 6.45) is 4.61. The van der Waals surface area contributed by atoms with E-state index in [2.05, 4.69) is 14.7 Å². The van der Waals surface area contributed by atoms with Crippen LogP contribution in [0.1, 0.15) is 12.8 Å². The fraction of sp³-hybridized carbons (Fsp3) is 0.474. The SMILES string of the molecule is O=S(=O)(NC1CCN(c2ncccn2)CC1)c1ccc(S(=O)(=O)N2CCOCC2)cc1. The first kappa shape index (κ1) is 22.1. The van der Waals surface area contributed by atoms with Crippen molar-refractivity contribution in [3.8, 4) is 0 Å². The molecule has 0 spiro atoms. The van der Waals surface area contributed by atoms with Gasteiger partial charge in [-0.1, -0.05) is 0 Å². The van der Waals surface area contributed by atoms with Gasteiger partial charge in [-0.3, -0.25) is 0 Å². The van der Waals surface area contributed by atoms with Crippen molar-refractivity contribution in [1.29, 1.82) is 0 Å². The summed E-state index contributed by atoms with van der Waals surface area (Å²) in [6, 6.07) is 6.90. The summed E-state index contributed by atoms with van der Waals surface area (Å²) < 4.78 is 60.3. The summed E-state index contributed by atoms with van der Waals surface area (Å²) in [4.78, 5) is 10.6. The lowest BCUT2D eigenvalue weighted by molar-refractivity contribution is 0.0730. The van der Waals surface area contributed by atoms with E-state index in [0.29, 0.717) is 45.1 Å². The third-order valence-corrected chi connectivity index (χ3v) is 8.84. The van der Waals surface area contributed by atoms with Crippen molar-refractivity contribution in [2.45, 2.75) is 28.7 Å². The molecule has 0 unspecified atom stereocenters. The highest BCUT2D eigenvalue weighted by Crippen LogP contribution is 2.21. The molecule has 10 nitrogen and oxygen atoms in total. The number of rotatable bonds is 6. The van der Waals surface area contributed by atoms with E-state index in [1.54, 1.807) is 18.5 Å². The molecule has 4 rings (SSSR count). The van der Waals surface area contributed by atoms with Crippen LogP contribution in [0.3, 0.4) is 0 Å². The lowest BCUT2D eigenvalue weighted by atomic mass is 10.1. The Morgan fingerprint density at radius 3 is 2.06 bits per heavy atom. The van der Waals surface area contributed by atoms with Crippen LogP contribution >= 0.6 is 0 Å². The minimum Gasteiger partial charge on any atom is -0.379 e. The Bertz CT molecular complexity index is 1080. The van der Waals surface area contributed by atoms with Gasteiger partial charge in [-0.25, -0.2) is 31.5 Å². The van der Waals surface area contributed by atoms with Gasteiger partial charge in [0.25, 0.3) is 0 Å². The van der Waals surface area contributed by atoms with Crippen LogP contribution in [0.4, 0.5) is 5.95 Å². The first-order chi connectivity index (χ1) is 14.9. The number of piperidine rings is 1. The van der Waals surface area contributed by atoms with E-state index in [9.17, 15) is 16.8 Å². The van der Waals surface area contributed by atoms with Gasteiger partial charge in [0.2, 0.25) is 26.0 Å². The number of anilines is 1. The Morgan fingerprint density at radius 2 is 1.45 bits per heavy atom. The number of nitrogens with zero attached hydrogens (tertiary/aromatic N) is 4. The van der Waals surface area contributed by atoms with Crippen molar-refractivity contribution in [3.63, 3.8) is 0 Å². The number of benzene rings is 1. The largest absolute Gasteiger partial charge is 0.379 e. The number of ether oxygens (including phenoxy) is 1. The average Bonchev–Trinajstić information content (AvgIpc) is 2.80. The molecule has 2 saturated heterocycles. The minimum absolute atomic E-state index is 0.0437. The Balaban J connectivity index is 1.39. The number of hydrogen-bond donors (Lipinski definition) is 1. The van der Waals surface area contributed by atoms with Crippen LogP contribution < -0.4 is 9.62 Å². The van der Waals surface area contributed by atoms with Gasteiger partial charge in [-0.15, -0.1) is 0 Å². The average molecular weight is 468 g/mol. The second-order valence-electron chi connectivity index (χ2n) is 7.42. The molecule has 0 amide bonds. The van der Waals surface area contributed by atoms with E-state index in [-0.39, 0.29) is 28.9 Å². The second-order valence-corrected chi connectivity index (χ2v) is 11.1. The standard InChI is InChI=1S/C19H25N5O5S2/c25-30(26,22-16-6-10-23(11-7-16)19-20-8-1-9-21-19)17-2-4-18(5-3-17)31(27,28)24-12-14-29-15-13-24/h1-5,8-9,16,22H,6-7,10-15H2. The van der Waals surface area contributed by atoms with Crippen LogP contribution in [-0.4, -0.2) is 76.5 Å². The van der Waals surface area contributed by atoms with E-state index in [1.165, 1.54) is 28.6 Å². The quantitative estimate of drug-likeness (QED) is 0.650. The van der Waals surface area contributed by atoms with Crippen LogP contribution in [-0.2, 0) is 24.8 Å². The predicted molar refractivity (Wildman–Crippen MR) is 114 cm³/mol. The van der Waals surface area contributed by atoms with Crippen LogP contribution in [0.2, 0.25) is 0 Å². The van der Waals surface area contributed by atoms with Crippen molar-refractivity contribution in [1.82, 2.24) is 19.0 Å². The molecule has 1 N–H and O–H groups in total. The van der Waals surface area contributed by atoms with Gasteiger partial charge in [-0.05, 0) is 43.2 Å². The molecule has 0 atom stereocenters. The summed E-state index contributed by atoms with van der Waals surface area (Å²) in [5.41, 5.74) is 0. The van der Waals surface area contributed by atoms with Crippen molar-refractivity contribution >= 4 is 26.0 Å². The molecule has 0 aliphatic carbocycles. The highest BCUT2D eigenvalue weighted by molar-refractivity contribution is 7.89. The number of hydrogen-bond acceptors (Lipinski definition) is 8. The zero-order valence-electron chi connectivity index (χ0n) is 16.9. The molecule has 31 heavy (non-hydrogen) atoms. The maximum atomic E-state index is 12.8. The highest BCUT2D eigenvalue weighted by atomic mass is 32.2. The van der Waals surface area contributed by atoms with E-state index >= 15 is 0 Å². The molecule has 168 valence electrons. The van der Waals surface area contributed by atoms with Crippen molar-refractivity contribution in [2.75, 3.05) is 44.3 Å². The van der Waals surface area contributed by atoms with E-state index in [0.717, 1.165) is 0 Å². The molecule has 3 heterocycles. The van der Waals surface area contributed by atoms with Gasteiger partial charge in [0.05, 0.1) is 23.0 Å². The number of nitrogens with one attached hydrogen (secondary N) is 1. The summed E-state index contributed by atoms with van der Waals surface area (Å²) in [7, 11) is -7.42. The number of sulfonamides is 2. The third-order valence-electron chi connectivity index (χ3n) is 5.39. The zero-order valence-corrected chi connectivity index (χ0v) is 18.6. The summed E-state index contributed by atoms with van der Waals surface area (Å²) >= 11 is 0. The molecule has 0 radical (unpaired) electrons. The third kappa shape index (κ3) is 5.04. The van der Waals surface area contributed by atoms with E-state index in [4.69, 9.17) is 4.74 Å². The van der Waals surface area contributed by atoms with Gasteiger partial charge >= 0.3 is 0 Å². The maximum Gasteiger partial charge on any atom is 0.243 e. The van der Waals surface area contributed by atoms with Crippen molar-refractivity contribution in [3.05, 3.63) is 42.7 Å². The fourth-order valence-electron chi connectivity index (χ4n) is 3.67. The Morgan fingerprint density at radius 1 is 0.871 bits per heavy atom. The molecule has 0 bridgehead atoms.